The Morgan fingerprint density at radius 2 is 2.16 bits per heavy atom. The van der Waals surface area contributed by atoms with E-state index in [1.54, 1.807) is 27.0 Å². The van der Waals surface area contributed by atoms with Crippen LogP contribution in [0.1, 0.15) is 27.6 Å². The van der Waals surface area contributed by atoms with E-state index in [4.69, 9.17) is 0 Å². The molecule has 0 saturated heterocycles. The van der Waals surface area contributed by atoms with E-state index in [1.807, 2.05) is 0 Å². The lowest BCUT2D eigenvalue weighted by molar-refractivity contribution is 0.0777. The van der Waals surface area contributed by atoms with Crippen molar-refractivity contribution in [3.05, 3.63) is 46.8 Å². The van der Waals surface area contributed by atoms with E-state index in [1.165, 1.54) is 17.0 Å². The van der Waals surface area contributed by atoms with Gasteiger partial charge in [0.25, 0.3) is 5.91 Å². The molecule has 0 aliphatic heterocycles. The van der Waals surface area contributed by atoms with Crippen LogP contribution in [0.4, 0.5) is 4.39 Å². The number of aromatic nitrogens is 3. The topological polar surface area (TPSA) is 61.9 Å². The number of halogens is 1. The van der Waals surface area contributed by atoms with Crippen LogP contribution in [-0.4, -0.2) is 33.0 Å². The Kier molecular flexibility index (Phi) is 3.59. The van der Waals surface area contributed by atoms with Gasteiger partial charge in [0.15, 0.2) is 5.82 Å². The van der Waals surface area contributed by atoms with Crippen LogP contribution >= 0.6 is 0 Å². The van der Waals surface area contributed by atoms with Crippen molar-refractivity contribution in [3.63, 3.8) is 0 Å². The van der Waals surface area contributed by atoms with E-state index in [0.717, 1.165) is 5.56 Å². The summed E-state index contributed by atoms with van der Waals surface area (Å²) >= 11 is 0. The first-order valence-electron chi connectivity index (χ1n) is 5.87. The van der Waals surface area contributed by atoms with E-state index in [0.29, 0.717) is 11.6 Å². The van der Waals surface area contributed by atoms with Gasteiger partial charge in [-0.25, -0.2) is 9.37 Å². The zero-order valence-electron chi connectivity index (χ0n) is 11.1. The Balaban J connectivity index is 2.14. The third kappa shape index (κ3) is 2.96. The molecule has 6 heteroatoms. The largest absolute Gasteiger partial charge is 0.334 e. The first-order valence-corrected chi connectivity index (χ1v) is 5.87. The van der Waals surface area contributed by atoms with E-state index >= 15 is 0 Å². The van der Waals surface area contributed by atoms with Crippen LogP contribution in [-0.2, 0) is 6.54 Å². The summed E-state index contributed by atoms with van der Waals surface area (Å²) in [7, 11) is 1.59. The highest BCUT2D eigenvalue weighted by atomic mass is 19.1. The smallest absolute Gasteiger partial charge is 0.256 e. The lowest BCUT2D eigenvalue weighted by atomic mass is 10.1. The second-order valence-electron chi connectivity index (χ2n) is 4.48. The molecule has 100 valence electrons. The molecule has 0 aliphatic rings. The molecular weight excluding hydrogens is 247 g/mol. The predicted octanol–water partition coefficient (Wildman–Crippen LogP) is 1.83. The number of aryl methyl sites for hydroxylation is 2. The number of amides is 1. The molecule has 1 heterocycles. The van der Waals surface area contributed by atoms with Crippen molar-refractivity contribution < 1.29 is 9.18 Å². The average molecular weight is 262 g/mol. The van der Waals surface area contributed by atoms with Gasteiger partial charge in [-0.05, 0) is 31.5 Å². The van der Waals surface area contributed by atoms with Gasteiger partial charge in [-0.1, -0.05) is 6.07 Å². The van der Waals surface area contributed by atoms with E-state index in [9.17, 15) is 9.18 Å². The molecule has 2 aromatic rings. The minimum absolute atomic E-state index is 0.0559. The number of H-pyrrole nitrogens is 1. The molecule has 2 rings (SSSR count). The third-order valence-corrected chi connectivity index (χ3v) is 2.72. The third-order valence-electron chi connectivity index (χ3n) is 2.72. The van der Waals surface area contributed by atoms with Gasteiger partial charge in [-0.2, -0.15) is 5.10 Å². The standard InChI is InChI=1S/C13H15FN4O/c1-8-4-5-10(11(14)6-8)13(19)18(3)7-12-15-9(2)16-17-12/h4-6H,7H2,1-3H3,(H,15,16,17). The molecular formula is C13H15FN4O. The fourth-order valence-corrected chi connectivity index (χ4v) is 1.74. The number of nitrogens with zero attached hydrogens (tertiary/aromatic N) is 3. The molecule has 0 unspecified atom stereocenters. The molecule has 19 heavy (non-hydrogen) atoms. The Hall–Kier alpha value is -2.24. The Labute approximate surface area is 110 Å². The molecule has 0 bridgehead atoms. The van der Waals surface area contributed by atoms with Crippen LogP contribution in [0.25, 0.3) is 0 Å². The molecule has 1 N–H and O–H groups in total. The van der Waals surface area contributed by atoms with Crippen LogP contribution in [0, 0.1) is 19.7 Å². The highest BCUT2D eigenvalue weighted by Crippen LogP contribution is 2.12. The summed E-state index contributed by atoms with van der Waals surface area (Å²) in [4.78, 5) is 17.6. The molecule has 0 atom stereocenters. The molecule has 1 aromatic carbocycles. The Morgan fingerprint density at radius 3 is 2.74 bits per heavy atom. The minimum Gasteiger partial charge on any atom is -0.334 e. The fourth-order valence-electron chi connectivity index (χ4n) is 1.74. The van der Waals surface area contributed by atoms with Crippen LogP contribution < -0.4 is 0 Å². The van der Waals surface area contributed by atoms with Crippen molar-refractivity contribution in [2.24, 2.45) is 0 Å². The lowest BCUT2D eigenvalue weighted by Crippen LogP contribution is -2.27. The molecule has 0 radical (unpaired) electrons. The van der Waals surface area contributed by atoms with Crippen LogP contribution in [0.2, 0.25) is 0 Å². The SMILES string of the molecule is Cc1ccc(C(=O)N(C)Cc2n[nH]c(C)n2)c(F)c1. The fraction of sp³-hybridized carbons (Fsp3) is 0.308. The molecule has 0 aliphatic carbocycles. The Morgan fingerprint density at radius 1 is 1.42 bits per heavy atom. The summed E-state index contributed by atoms with van der Waals surface area (Å²) in [5.41, 5.74) is 0.835. The van der Waals surface area contributed by atoms with Crippen LogP contribution in [0.5, 0.6) is 0 Å². The summed E-state index contributed by atoms with van der Waals surface area (Å²) < 4.78 is 13.7. The zero-order valence-corrected chi connectivity index (χ0v) is 11.1. The van der Waals surface area contributed by atoms with Gasteiger partial charge in [-0.3, -0.25) is 9.89 Å². The summed E-state index contributed by atoms with van der Waals surface area (Å²) in [6.07, 6.45) is 0. The Bertz CT molecular complexity index is 608. The number of nitrogens with one attached hydrogen (secondary N) is 1. The summed E-state index contributed by atoms with van der Waals surface area (Å²) in [6, 6.07) is 4.55. The number of rotatable bonds is 3. The monoisotopic (exact) mass is 262 g/mol. The first kappa shape index (κ1) is 13.2. The van der Waals surface area contributed by atoms with Gasteiger partial charge in [0.1, 0.15) is 11.6 Å². The van der Waals surface area contributed by atoms with Crippen LogP contribution in [0.3, 0.4) is 0 Å². The van der Waals surface area contributed by atoms with Gasteiger partial charge in [0.2, 0.25) is 0 Å². The normalized spacial score (nSPS) is 10.5. The van der Waals surface area contributed by atoms with Crippen molar-refractivity contribution in [2.45, 2.75) is 20.4 Å². The molecule has 0 fully saturated rings. The van der Waals surface area contributed by atoms with Crippen molar-refractivity contribution in [1.29, 1.82) is 0 Å². The second kappa shape index (κ2) is 5.17. The van der Waals surface area contributed by atoms with Gasteiger partial charge in [0, 0.05) is 7.05 Å². The minimum atomic E-state index is -0.511. The van der Waals surface area contributed by atoms with Gasteiger partial charge in [-0.15, -0.1) is 0 Å². The molecule has 0 saturated carbocycles. The highest BCUT2D eigenvalue weighted by molar-refractivity contribution is 5.94. The molecule has 1 aromatic heterocycles. The number of hydrogen-bond acceptors (Lipinski definition) is 3. The maximum Gasteiger partial charge on any atom is 0.256 e. The zero-order chi connectivity index (χ0) is 14.0. The van der Waals surface area contributed by atoms with E-state index in [-0.39, 0.29) is 18.0 Å². The van der Waals surface area contributed by atoms with Crippen LogP contribution in [0.15, 0.2) is 18.2 Å². The van der Waals surface area contributed by atoms with Gasteiger partial charge < -0.3 is 4.90 Å². The quantitative estimate of drug-likeness (QED) is 0.918. The molecule has 0 spiro atoms. The number of carbonyl (C=O) groups is 1. The van der Waals surface area contributed by atoms with Gasteiger partial charge >= 0.3 is 0 Å². The van der Waals surface area contributed by atoms with E-state index < -0.39 is 5.82 Å². The maximum atomic E-state index is 13.7. The average Bonchev–Trinajstić information content (AvgIpc) is 2.74. The van der Waals surface area contributed by atoms with Crippen molar-refractivity contribution in [1.82, 2.24) is 20.1 Å². The number of hydrogen-bond donors (Lipinski definition) is 1. The molecule has 1 amide bonds. The number of benzene rings is 1. The van der Waals surface area contributed by atoms with E-state index in [2.05, 4.69) is 15.2 Å². The predicted molar refractivity (Wildman–Crippen MR) is 68.1 cm³/mol. The summed E-state index contributed by atoms with van der Waals surface area (Å²) in [6.45, 7) is 3.78. The number of carbonyl (C=O) groups excluding carboxylic acids is 1. The first-order chi connectivity index (χ1) is 8.97. The van der Waals surface area contributed by atoms with Crippen molar-refractivity contribution in [2.75, 3.05) is 7.05 Å². The van der Waals surface area contributed by atoms with Gasteiger partial charge in [0.05, 0.1) is 12.1 Å². The van der Waals surface area contributed by atoms with Crippen molar-refractivity contribution >= 4 is 5.91 Å². The molecule has 5 nitrogen and oxygen atoms in total. The summed E-state index contributed by atoms with van der Waals surface area (Å²) in [5.74, 6) is 0.279. The summed E-state index contributed by atoms with van der Waals surface area (Å²) in [5, 5.41) is 6.64. The van der Waals surface area contributed by atoms with Crippen molar-refractivity contribution in [3.8, 4) is 0 Å². The number of aromatic amines is 1. The second-order valence-corrected chi connectivity index (χ2v) is 4.48. The lowest BCUT2D eigenvalue weighted by Gasteiger charge is -2.15. The maximum absolute atomic E-state index is 13.7. The highest BCUT2D eigenvalue weighted by Gasteiger charge is 2.17.